The Morgan fingerprint density at radius 1 is 0.500 bits per heavy atom. The second-order valence-electron chi connectivity index (χ2n) is 12.7. The monoisotopic (exact) mass is 472 g/mol. The van der Waals surface area contributed by atoms with E-state index in [0.29, 0.717) is 0 Å². The van der Waals surface area contributed by atoms with Gasteiger partial charge in [0, 0.05) is 22.3 Å². The summed E-state index contributed by atoms with van der Waals surface area (Å²) in [6.07, 6.45) is 1.83. The minimum Gasteiger partial charge on any atom is -0.508 e. The summed E-state index contributed by atoms with van der Waals surface area (Å²) < 4.78 is 0. The number of benzene rings is 2. The third-order valence-corrected chi connectivity index (χ3v) is 7.00. The van der Waals surface area contributed by atoms with Crippen LogP contribution in [-0.4, -0.2) is 20.4 Å². The molecule has 0 radical (unpaired) electrons. The van der Waals surface area contributed by atoms with E-state index >= 15 is 0 Å². The van der Waals surface area contributed by atoms with Crippen molar-refractivity contribution in [1.29, 1.82) is 0 Å². The summed E-state index contributed by atoms with van der Waals surface area (Å²) in [6.45, 7) is 24.7. The average molecular weight is 473 g/mol. The number of hydrogen-bond acceptors (Lipinski definition) is 4. The second-order valence-corrected chi connectivity index (χ2v) is 12.7. The Morgan fingerprint density at radius 2 is 0.765 bits per heavy atom. The van der Waals surface area contributed by atoms with Gasteiger partial charge in [-0.25, -0.2) is 0 Å². The van der Waals surface area contributed by atoms with E-state index in [-0.39, 0.29) is 44.7 Å². The highest BCUT2D eigenvalue weighted by atomic mass is 16.3. The molecule has 4 nitrogen and oxygen atoms in total. The van der Waals surface area contributed by atoms with E-state index in [1.807, 2.05) is 41.5 Å². The molecule has 0 unspecified atom stereocenters. The maximum absolute atomic E-state index is 10.2. The molecule has 34 heavy (non-hydrogen) atoms. The lowest BCUT2D eigenvalue weighted by Gasteiger charge is -2.31. The molecule has 0 aliphatic rings. The lowest BCUT2D eigenvalue weighted by atomic mass is 9.74. The molecule has 0 saturated heterocycles. The van der Waals surface area contributed by atoms with Gasteiger partial charge in [-0.15, -0.1) is 0 Å². The van der Waals surface area contributed by atoms with Gasteiger partial charge in [0.1, 0.15) is 23.0 Å². The van der Waals surface area contributed by atoms with Gasteiger partial charge < -0.3 is 20.4 Å². The van der Waals surface area contributed by atoms with Crippen LogP contribution < -0.4 is 0 Å². The molecule has 4 N–H and O–H groups in total. The Morgan fingerprint density at radius 3 is 0.971 bits per heavy atom. The Kier molecular flexibility index (Phi) is 8.81. The Balaban J connectivity index is 0.000000342. The molecule has 2 aromatic carbocycles. The summed E-state index contributed by atoms with van der Waals surface area (Å²) in [4.78, 5) is 0. The van der Waals surface area contributed by atoms with Gasteiger partial charge in [0.05, 0.1) is 0 Å². The van der Waals surface area contributed by atoms with Gasteiger partial charge in [0.15, 0.2) is 0 Å². The highest BCUT2D eigenvalue weighted by Gasteiger charge is 2.31. The normalized spacial score (nSPS) is 12.8. The van der Waals surface area contributed by atoms with E-state index in [0.717, 1.165) is 35.1 Å². The van der Waals surface area contributed by atoms with Gasteiger partial charge in [0.2, 0.25) is 0 Å². The molecular weight excluding hydrogens is 424 g/mol. The van der Waals surface area contributed by atoms with Crippen LogP contribution in [0.15, 0.2) is 24.3 Å². The van der Waals surface area contributed by atoms with E-state index in [1.165, 1.54) is 0 Å². The topological polar surface area (TPSA) is 80.9 Å². The Labute approximate surface area is 207 Å². The molecule has 0 fully saturated rings. The highest BCUT2D eigenvalue weighted by molar-refractivity contribution is 5.54. The van der Waals surface area contributed by atoms with Crippen molar-refractivity contribution < 1.29 is 20.4 Å². The molecule has 4 heteroatoms. The molecule has 0 spiro atoms. The van der Waals surface area contributed by atoms with Crippen LogP contribution in [0.2, 0.25) is 0 Å². The molecular formula is C30H48O4. The van der Waals surface area contributed by atoms with Crippen molar-refractivity contribution in [3.05, 3.63) is 46.5 Å². The van der Waals surface area contributed by atoms with Crippen molar-refractivity contribution in [2.75, 3.05) is 0 Å². The third-order valence-electron chi connectivity index (χ3n) is 7.00. The highest BCUT2D eigenvalue weighted by Crippen LogP contribution is 2.44. The first-order chi connectivity index (χ1) is 15.2. The van der Waals surface area contributed by atoms with Crippen LogP contribution in [0.5, 0.6) is 23.0 Å². The predicted molar refractivity (Wildman–Crippen MR) is 144 cm³/mol. The first kappa shape index (κ1) is 29.7. The Hall–Kier alpha value is -2.36. The number of hydrogen-bond donors (Lipinski definition) is 4. The molecule has 2 rings (SSSR count). The van der Waals surface area contributed by atoms with Crippen LogP contribution >= 0.6 is 0 Å². The molecule has 192 valence electrons. The maximum atomic E-state index is 10.2. The van der Waals surface area contributed by atoms with Crippen molar-refractivity contribution in [1.82, 2.24) is 0 Å². The van der Waals surface area contributed by atoms with Crippen LogP contribution in [0.1, 0.15) is 118 Å². The van der Waals surface area contributed by atoms with Crippen LogP contribution in [-0.2, 0) is 21.7 Å². The Bertz CT molecular complexity index is 906. The standard InChI is InChI=1S/C16H26O2.C14H22O2/c1-7-15(3,4)11-9-14(18)12(10-13(11)17)16(5,6)8-2;1-13(2,3)11-9(15)7-8-10(16)12(11)14(4,5)6/h9-10,17-18H,7-8H2,1-6H3;7-8,15-16H,1-6H3. The van der Waals surface area contributed by atoms with Crippen LogP contribution in [0.25, 0.3) is 0 Å². The van der Waals surface area contributed by atoms with E-state index in [9.17, 15) is 20.4 Å². The van der Waals surface area contributed by atoms with E-state index in [2.05, 4.69) is 41.5 Å². The summed E-state index contributed by atoms with van der Waals surface area (Å²) in [5.41, 5.74) is 2.67. The molecule has 2 aromatic rings. The smallest absolute Gasteiger partial charge is 0.119 e. The third kappa shape index (κ3) is 6.61. The molecule has 0 amide bonds. The molecule has 0 saturated carbocycles. The molecule has 0 aromatic heterocycles. The number of aromatic hydroxyl groups is 4. The van der Waals surface area contributed by atoms with Crippen LogP contribution in [0.4, 0.5) is 0 Å². The molecule has 0 atom stereocenters. The summed E-state index contributed by atoms with van der Waals surface area (Å²) in [5.74, 6) is 1.10. The minimum absolute atomic E-state index is 0.129. The summed E-state index contributed by atoms with van der Waals surface area (Å²) in [6, 6.07) is 6.58. The fourth-order valence-corrected chi connectivity index (χ4v) is 4.14. The van der Waals surface area contributed by atoms with Gasteiger partial charge in [-0.05, 0) is 58.8 Å². The lowest BCUT2D eigenvalue weighted by molar-refractivity contribution is 0.400. The zero-order chi connectivity index (χ0) is 26.9. The first-order valence-corrected chi connectivity index (χ1v) is 12.3. The van der Waals surface area contributed by atoms with Crippen molar-refractivity contribution >= 4 is 0 Å². The second kappa shape index (κ2) is 10.1. The first-order valence-electron chi connectivity index (χ1n) is 12.3. The minimum atomic E-state index is -0.189. The van der Waals surface area contributed by atoms with Crippen LogP contribution in [0.3, 0.4) is 0 Å². The van der Waals surface area contributed by atoms with Gasteiger partial charge in [-0.1, -0.05) is 83.1 Å². The quantitative estimate of drug-likeness (QED) is 0.338. The maximum Gasteiger partial charge on any atom is 0.119 e. The summed E-state index contributed by atoms with van der Waals surface area (Å²) in [7, 11) is 0. The van der Waals surface area contributed by atoms with Crippen molar-refractivity contribution in [2.45, 2.75) is 118 Å². The van der Waals surface area contributed by atoms with Gasteiger partial charge in [0.25, 0.3) is 0 Å². The number of phenolic OH excluding ortho intramolecular Hbond substituents is 4. The zero-order valence-electron chi connectivity index (χ0n) is 23.5. The van der Waals surface area contributed by atoms with Gasteiger partial charge in [-0.2, -0.15) is 0 Å². The summed E-state index contributed by atoms with van der Waals surface area (Å²) >= 11 is 0. The molecule has 0 bridgehead atoms. The molecule has 0 aliphatic carbocycles. The predicted octanol–water partition coefficient (Wildman–Crippen LogP) is 8.17. The van der Waals surface area contributed by atoms with E-state index in [1.54, 1.807) is 24.3 Å². The van der Waals surface area contributed by atoms with Crippen molar-refractivity contribution in [3.8, 4) is 23.0 Å². The summed E-state index contributed by atoms with van der Waals surface area (Å²) in [5, 5.41) is 40.5. The number of rotatable bonds is 4. The van der Waals surface area contributed by atoms with Crippen molar-refractivity contribution in [2.24, 2.45) is 0 Å². The number of phenols is 4. The molecule has 0 aliphatic heterocycles. The SMILES string of the molecule is CC(C)(C)c1c(O)ccc(O)c1C(C)(C)C.CCC(C)(C)c1cc(O)c(C(C)(C)CC)cc1O. The van der Waals surface area contributed by atoms with Gasteiger partial charge in [-0.3, -0.25) is 0 Å². The zero-order valence-corrected chi connectivity index (χ0v) is 23.5. The largest absolute Gasteiger partial charge is 0.508 e. The van der Waals surface area contributed by atoms with Gasteiger partial charge >= 0.3 is 0 Å². The molecule has 0 heterocycles. The van der Waals surface area contributed by atoms with Crippen molar-refractivity contribution in [3.63, 3.8) is 0 Å². The average Bonchev–Trinajstić information content (AvgIpc) is 2.69. The van der Waals surface area contributed by atoms with Crippen LogP contribution in [0, 0.1) is 0 Å². The fraction of sp³-hybridized carbons (Fsp3) is 0.600. The lowest BCUT2D eigenvalue weighted by Crippen LogP contribution is -2.22. The van der Waals surface area contributed by atoms with E-state index < -0.39 is 0 Å². The van der Waals surface area contributed by atoms with E-state index in [4.69, 9.17) is 0 Å². The fourth-order valence-electron chi connectivity index (χ4n) is 4.14.